The number of nitrogens with two attached hydrogens (primary N) is 1. The highest BCUT2D eigenvalue weighted by molar-refractivity contribution is 5.87. The molecule has 0 saturated heterocycles. The molecule has 1 aromatic rings. The smallest absolute Gasteiger partial charge is 0.341 e. The Labute approximate surface area is 91.3 Å². The molecule has 0 aromatic carbocycles. The summed E-state index contributed by atoms with van der Waals surface area (Å²) in [7, 11) is 0. The van der Waals surface area contributed by atoms with Gasteiger partial charge in [-0.15, -0.1) is 0 Å². The van der Waals surface area contributed by atoms with Gasteiger partial charge in [-0.25, -0.2) is 4.79 Å². The van der Waals surface area contributed by atoms with Gasteiger partial charge in [0, 0.05) is 18.7 Å². The Bertz CT molecular complexity index is 490. The van der Waals surface area contributed by atoms with Crippen LogP contribution in [0.4, 0.5) is 0 Å². The van der Waals surface area contributed by atoms with E-state index in [0.717, 1.165) is 0 Å². The van der Waals surface area contributed by atoms with Crippen molar-refractivity contribution in [3.05, 3.63) is 33.7 Å². The van der Waals surface area contributed by atoms with E-state index < -0.39 is 17.4 Å². The Kier molecular flexibility index (Phi) is 3.44. The van der Waals surface area contributed by atoms with Gasteiger partial charge in [0.2, 0.25) is 5.91 Å². The molecule has 6 heteroatoms. The maximum absolute atomic E-state index is 11.7. The monoisotopic (exact) mass is 224 g/mol. The second-order valence-corrected chi connectivity index (χ2v) is 3.37. The number of hydrogen-bond acceptors (Lipinski definition) is 3. The van der Waals surface area contributed by atoms with Gasteiger partial charge in [0.15, 0.2) is 0 Å². The zero-order valence-electron chi connectivity index (χ0n) is 8.77. The first-order chi connectivity index (χ1) is 7.43. The lowest BCUT2D eigenvalue weighted by Gasteiger charge is -2.09. The van der Waals surface area contributed by atoms with Crippen LogP contribution in [0.2, 0.25) is 0 Å². The summed E-state index contributed by atoms with van der Waals surface area (Å²) in [4.78, 5) is 33.0. The van der Waals surface area contributed by atoms with Gasteiger partial charge in [0.1, 0.15) is 5.56 Å². The third-order valence-corrected chi connectivity index (χ3v) is 2.20. The number of carbonyl (C=O) groups is 2. The number of nitrogens with zero attached hydrogens (tertiary/aromatic N) is 1. The van der Waals surface area contributed by atoms with Gasteiger partial charge < -0.3 is 15.4 Å². The second-order valence-electron chi connectivity index (χ2n) is 3.37. The number of carboxylic acid groups (broad SMARTS) is 1. The zero-order chi connectivity index (χ0) is 12.3. The van der Waals surface area contributed by atoms with E-state index in [-0.39, 0.29) is 18.5 Å². The van der Waals surface area contributed by atoms with Gasteiger partial charge in [-0.1, -0.05) is 0 Å². The highest BCUT2D eigenvalue weighted by Crippen LogP contribution is 1.99. The molecule has 0 fully saturated rings. The number of rotatable bonds is 4. The molecule has 0 atom stereocenters. The number of carboxylic acids is 1. The molecule has 0 saturated carbocycles. The van der Waals surface area contributed by atoms with E-state index in [0.29, 0.717) is 5.69 Å². The maximum atomic E-state index is 11.7. The van der Waals surface area contributed by atoms with Gasteiger partial charge in [-0.2, -0.15) is 0 Å². The minimum absolute atomic E-state index is 0.00379. The predicted octanol–water partition coefficient (Wildman–Crippen LogP) is -0.270. The molecule has 0 radical (unpaired) electrons. The molecule has 1 amide bonds. The largest absolute Gasteiger partial charge is 0.477 e. The molecule has 16 heavy (non-hydrogen) atoms. The van der Waals surface area contributed by atoms with Crippen LogP contribution in [0.5, 0.6) is 0 Å². The van der Waals surface area contributed by atoms with Crippen molar-refractivity contribution in [2.24, 2.45) is 5.73 Å². The summed E-state index contributed by atoms with van der Waals surface area (Å²) in [5.74, 6) is -1.81. The highest BCUT2D eigenvalue weighted by Gasteiger charge is 2.12. The molecule has 0 spiro atoms. The number of aromatic nitrogens is 1. The Morgan fingerprint density at radius 3 is 2.56 bits per heavy atom. The summed E-state index contributed by atoms with van der Waals surface area (Å²) in [5, 5.41) is 8.75. The first-order valence-electron chi connectivity index (χ1n) is 4.65. The average Bonchev–Trinajstić information content (AvgIpc) is 2.16. The Morgan fingerprint density at radius 1 is 1.44 bits per heavy atom. The van der Waals surface area contributed by atoms with Crippen LogP contribution in [0.25, 0.3) is 0 Å². The van der Waals surface area contributed by atoms with Crippen molar-refractivity contribution in [2.45, 2.75) is 19.9 Å². The fraction of sp³-hybridized carbons (Fsp3) is 0.300. The molecular formula is C10H12N2O4. The van der Waals surface area contributed by atoms with E-state index in [1.54, 1.807) is 6.92 Å². The van der Waals surface area contributed by atoms with Crippen LogP contribution in [0.15, 0.2) is 16.9 Å². The van der Waals surface area contributed by atoms with Gasteiger partial charge >= 0.3 is 5.97 Å². The molecule has 86 valence electrons. The summed E-state index contributed by atoms with van der Waals surface area (Å²) in [5.41, 5.74) is 4.63. The van der Waals surface area contributed by atoms with Crippen molar-refractivity contribution < 1.29 is 14.7 Å². The summed E-state index contributed by atoms with van der Waals surface area (Å²) in [6, 6.07) is 2.77. The predicted molar refractivity (Wildman–Crippen MR) is 56.2 cm³/mol. The van der Waals surface area contributed by atoms with E-state index >= 15 is 0 Å². The lowest BCUT2D eigenvalue weighted by molar-refractivity contribution is -0.118. The summed E-state index contributed by atoms with van der Waals surface area (Å²) in [6.07, 6.45) is 0.00379. The van der Waals surface area contributed by atoms with Gasteiger partial charge in [0.05, 0.1) is 0 Å². The van der Waals surface area contributed by atoms with Crippen molar-refractivity contribution in [1.29, 1.82) is 0 Å². The number of aromatic carboxylic acids is 1. The normalized spacial score (nSPS) is 10.1. The van der Waals surface area contributed by atoms with E-state index in [2.05, 4.69) is 0 Å². The number of primary amides is 1. The van der Waals surface area contributed by atoms with Crippen LogP contribution in [0, 0.1) is 6.92 Å². The standard InChI is InChI=1S/C10H12N2O4/c1-6-2-3-7(10(15)16)9(14)12(6)5-4-8(11)13/h2-3H,4-5H2,1H3,(H2,11,13)(H,15,16). The second kappa shape index (κ2) is 4.61. The van der Waals surface area contributed by atoms with Crippen molar-refractivity contribution in [1.82, 2.24) is 4.57 Å². The Morgan fingerprint density at radius 2 is 2.06 bits per heavy atom. The van der Waals surface area contributed by atoms with Gasteiger partial charge in [-0.3, -0.25) is 9.59 Å². The topological polar surface area (TPSA) is 102 Å². The summed E-state index contributed by atoms with van der Waals surface area (Å²) >= 11 is 0. The molecule has 0 aliphatic rings. The van der Waals surface area contributed by atoms with Gasteiger partial charge in [-0.05, 0) is 19.1 Å². The highest BCUT2D eigenvalue weighted by atomic mass is 16.4. The molecular weight excluding hydrogens is 212 g/mol. The van der Waals surface area contributed by atoms with Crippen LogP contribution < -0.4 is 11.3 Å². The van der Waals surface area contributed by atoms with Crippen LogP contribution >= 0.6 is 0 Å². The van der Waals surface area contributed by atoms with E-state index in [4.69, 9.17) is 10.8 Å². The molecule has 1 heterocycles. The van der Waals surface area contributed by atoms with Gasteiger partial charge in [0.25, 0.3) is 5.56 Å². The number of aryl methyl sites for hydroxylation is 1. The molecule has 0 unspecified atom stereocenters. The van der Waals surface area contributed by atoms with Crippen molar-refractivity contribution in [3.63, 3.8) is 0 Å². The quantitative estimate of drug-likeness (QED) is 0.734. The van der Waals surface area contributed by atoms with Crippen molar-refractivity contribution >= 4 is 11.9 Å². The minimum atomic E-state index is -1.28. The lowest BCUT2D eigenvalue weighted by Crippen LogP contribution is -2.29. The molecule has 3 N–H and O–H groups in total. The first-order valence-corrected chi connectivity index (χ1v) is 4.65. The molecule has 0 bridgehead atoms. The van der Waals surface area contributed by atoms with E-state index in [1.807, 2.05) is 0 Å². The number of amides is 1. The molecule has 0 aliphatic heterocycles. The third kappa shape index (κ3) is 2.47. The fourth-order valence-corrected chi connectivity index (χ4v) is 1.33. The zero-order valence-corrected chi connectivity index (χ0v) is 8.77. The lowest BCUT2D eigenvalue weighted by atomic mass is 10.2. The Hall–Kier alpha value is -2.11. The number of hydrogen-bond donors (Lipinski definition) is 2. The Balaban J connectivity index is 3.16. The van der Waals surface area contributed by atoms with Crippen LogP contribution in [0.1, 0.15) is 22.5 Å². The SMILES string of the molecule is Cc1ccc(C(=O)O)c(=O)n1CCC(N)=O. The maximum Gasteiger partial charge on any atom is 0.341 e. The third-order valence-electron chi connectivity index (χ3n) is 2.20. The number of carbonyl (C=O) groups excluding carboxylic acids is 1. The van der Waals surface area contributed by atoms with Crippen molar-refractivity contribution in [3.8, 4) is 0 Å². The van der Waals surface area contributed by atoms with Crippen LogP contribution in [-0.2, 0) is 11.3 Å². The molecule has 6 nitrogen and oxygen atoms in total. The summed E-state index contributed by atoms with van der Waals surface area (Å²) < 4.78 is 1.23. The fourth-order valence-electron chi connectivity index (χ4n) is 1.33. The molecule has 1 aromatic heterocycles. The number of pyridine rings is 1. The average molecular weight is 224 g/mol. The first kappa shape index (κ1) is 12.0. The van der Waals surface area contributed by atoms with Crippen LogP contribution in [0.3, 0.4) is 0 Å². The van der Waals surface area contributed by atoms with E-state index in [1.165, 1.54) is 16.7 Å². The molecule has 1 rings (SSSR count). The van der Waals surface area contributed by atoms with Crippen molar-refractivity contribution in [2.75, 3.05) is 0 Å². The van der Waals surface area contributed by atoms with Crippen LogP contribution in [-0.4, -0.2) is 21.6 Å². The molecule has 0 aliphatic carbocycles. The summed E-state index contributed by atoms with van der Waals surface area (Å²) in [6.45, 7) is 1.76. The van der Waals surface area contributed by atoms with E-state index in [9.17, 15) is 14.4 Å². The minimum Gasteiger partial charge on any atom is -0.477 e.